The summed E-state index contributed by atoms with van der Waals surface area (Å²) in [6.45, 7) is 4.72. The van der Waals surface area contributed by atoms with Crippen molar-refractivity contribution in [2.45, 2.75) is 6.92 Å². The summed E-state index contributed by atoms with van der Waals surface area (Å²) in [6.07, 6.45) is 9.70. The first-order chi connectivity index (χ1) is 22.4. The predicted molar refractivity (Wildman–Crippen MR) is 176 cm³/mol. The standard InChI is InChI=1S/C14H17N7O2S.C13H16N6O2S/c1-9(22)15-2-3-16-14(23)10-6-21(4-5-24-10)13-11-12(18-7-17-11)19-8-20-13;1-21-4-2-14-13(20)9-6-19(3-5-22-9)12-10-11(16-7-15-10)17-8-18-12/h6-8H,2-5H2,1H3,(H,15,22)(H,16,23)(H,17,18,19,20);6-8H,2-5H2,1H3,(H,14,20)(H,15,16,17,18). The molecule has 3 amide bonds. The molecule has 0 saturated heterocycles. The number of rotatable bonds is 10. The molecule has 0 spiro atoms. The molecule has 0 bridgehead atoms. The van der Waals surface area contributed by atoms with Gasteiger partial charge in [-0.15, -0.1) is 23.5 Å². The molecular formula is C27H33N13O4S2. The number of carbonyl (C=O) groups excluding carboxylic acids is 3. The Labute approximate surface area is 271 Å². The van der Waals surface area contributed by atoms with Crippen LogP contribution in [0.3, 0.4) is 0 Å². The van der Waals surface area contributed by atoms with Crippen molar-refractivity contribution in [2.75, 3.05) is 67.7 Å². The minimum Gasteiger partial charge on any atom is -0.383 e. The number of nitrogens with one attached hydrogen (secondary N) is 5. The second-order valence-corrected chi connectivity index (χ2v) is 11.9. The van der Waals surface area contributed by atoms with Crippen LogP contribution in [0, 0.1) is 0 Å². The molecule has 2 aliphatic heterocycles. The lowest BCUT2D eigenvalue weighted by molar-refractivity contribution is -0.120. The molecule has 0 atom stereocenters. The van der Waals surface area contributed by atoms with E-state index < -0.39 is 0 Å². The molecule has 46 heavy (non-hydrogen) atoms. The van der Waals surface area contributed by atoms with Gasteiger partial charge in [0.1, 0.15) is 23.7 Å². The molecule has 4 aromatic rings. The number of aromatic nitrogens is 8. The van der Waals surface area contributed by atoms with Crippen LogP contribution >= 0.6 is 23.5 Å². The van der Waals surface area contributed by atoms with Gasteiger partial charge >= 0.3 is 0 Å². The average molecular weight is 668 g/mol. The van der Waals surface area contributed by atoms with Gasteiger partial charge in [0, 0.05) is 70.7 Å². The van der Waals surface area contributed by atoms with Crippen molar-refractivity contribution in [1.29, 1.82) is 0 Å². The van der Waals surface area contributed by atoms with Crippen LogP contribution in [0.15, 0.2) is 47.5 Å². The maximum atomic E-state index is 12.2. The summed E-state index contributed by atoms with van der Waals surface area (Å²) in [5.41, 5.74) is 2.71. The van der Waals surface area contributed by atoms with E-state index in [1.165, 1.54) is 43.1 Å². The molecule has 0 aliphatic carbocycles. The van der Waals surface area contributed by atoms with E-state index in [0.29, 0.717) is 53.2 Å². The van der Waals surface area contributed by atoms with E-state index in [0.717, 1.165) is 41.4 Å². The number of anilines is 2. The fourth-order valence-electron chi connectivity index (χ4n) is 4.37. The molecule has 0 fully saturated rings. The van der Waals surface area contributed by atoms with Gasteiger partial charge in [-0.25, -0.2) is 29.9 Å². The van der Waals surface area contributed by atoms with Gasteiger partial charge in [0.2, 0.25) is 5.91 Å². The lowest BCUT2D eigenvalue weighted by Crippen LogP contribution is -2.35. The summed E-state index contributed by atoms with van der Waals surface area (Å²) in [5.74, 6) is 2.63. The van der Waals surface area contributed by atoms with Crippen LogP contribution in [-0.2, 0) is 19.1 Å². The minimum atomic E-state index is -0.162. The van der Waals surface area contributed by atoms with E-state index in [1.807, 2.05) is 16.0 Å². The third kappa shape index (κ3) is 8.29. The smallest absolute Gasteiger partial charge is 0.259 e. The van der Waals surface area contributed by atoms with Gasteiger partial charge in [0.05, 0.1) is 29.1 Å². The first-order valence-electron chi connectivity index (χ1n) is 14.2. The molecule has 0 radical (unpaired) electrons. The fraction of sp³-hybridized carbons (Fsp3) is 0.370. The van der Waals surface area contributed by atoms with E-state index in [9.17, 15) is 14.4 Å². The molecule has 4 aromatic heterocycles. The Morgan fingerprint density at radius 3 is 1.76 bits per heavy atom. The Balaban J connectivity index is 0.000000182. The number of aromatic amines is 2. The zero-order valence-corrected chi connectivity index (χ0v) is 26.8. The van der Waals surface area contributed by atoms with Crippen LogP contribution < -0.4 is 25.8 Å². The van der Waals surface area contributed by atoms with Gasteiger partial charge in [0.25, 0.3) is 11.8 Å². The Hall–Kier alpha value is -4.75. The van der Waals surface area contributed by atoms with E-state index in [1.54, 1.807) is 26.0 Å². The Bertz CT molecular complexity index is 1740. The number of ether oxygens (including phenoxy) is 1. The number of hydrogen-bond donors (Lipinski definition) is 5. The van der Waals surface area contributed by atoms with Crippen LogP contribution in [0.25, 0.3) is 22.3 Å². The number of fused-ring (bicyclic) bond motifs is 2. The number of imidazole rings is 2. The predicted octanol–water partition coefficient (Wildman–Crippen LogP) is 0.510. The summed E-state index contributed by atoms with van der Waals surface area (Å²) in [4.78, 5) is 71.4. The summed E-state index contributed by atoms with van der Waals surface area (Å²) in [7, 11) is 1.60. The maximum absolute atomic E-state index is 12.2. The summed E-state index contributed by atoms with van der Waals surface area (Å²) in [5, 5.41) is 8.25. The molecule has 0 aromatic carbocycles. The van der Waals surface area contributed by atoms with Crippen molar-refractivity contribution in [3.05, 3.63) is 47.5 Å². The van der Waals surface area contributed by atoms with Gasteiger partial charge in [-0.2, -0.15) is 0 Å². The molecule has 6 rings (SSSR count). The number of nitrogens with zero attached hydrogens (tertiary/aromatic N) is 8. The Morgan fingerprint density at radius 1 is 0.761 bits per heavy atom. The number of amides is 3. The quantitative estimate of drug-likeness (QED) is 0.146. The normalized spacial score (nSPS) is 14.7. The van der Waals surface area contributed by atoms with Crippen LogP contribution in [0.2, 0.25) is 0 Å². The van der Waals surface area contributed by atoms with Gasteiger partial charge in [-0.3, -0.25) is 14.4 Å². The third-order valence-electron chi connectivity index (χ3n) is 6.50. The van der Waals surface area contributed by atoms with Crippen molar-refractivity contribution in [2.24, 2.45) is 0 Å². The monoisotopic (exact) mass is 667 g/mol. The highest BCUT2D eigenvalue weighted by atomic mass is 32.2. The number of methoxy groups -OCH3 is 1. The Kier molecular flexibility index (Phi) is 11.4. The molecule has 17 nitrogen and oxygen atoms in total. The second kappa shape index (κ2) is 16.0. The van der Waals surface area contributed by atoms with Gasteiger partial charge in [-0.05, 0) is 0 Å². The summed E-state index contributed by atoms with van der Waals surface area (Å²) < 4.78 is 4.93. The molecule has 0 saturated carbocycles. The number of H-pyrrole nitrogens is 2. The zero-order chi connectivity index (χ0) is 32.3. The first kappa shape index (κ1) is 32.6. The first-order valence-corrected chi connectivity index (χ1v) is 16.2. The minimum absolute atomic E-state index is 0.0957. The SMILES string of the molecule is CC(=O)NCCNC(=O)C1=CN(c2ncnc3nc[nH]c23)CCS1.COCCNC(=O)C1=CN(c2ncnc3nc[nH]c23)CCS1. The van der Waals surface area contributed by atoms with Crippen molar-refractivity contribution < 1.29 is 19.1 Å². The highest BCUT2D eigenvalue weighted by molar-refractivity contribution is 8.04. The average Bonchev–Trinajstić information content (AvgIpc) is 3.77. The van der Waals surface area contributed by atoms with E-state index in [4.69, 9.17) is 4.74 Å². The highest BCUT2D eigenvalue weighted by Gasteiger charge is 2.22. The van der Waals surface area contributed by atoms with Crippen molar-refractivity contribution in [3.63, 3.8) is 0 Å². The molecular weight excluding hydrogens is 635 g/mol. The Morgan fingerprint density at radius 2 is 1.26 bits per heavy atom. The van der Waals surface area contributed by atoms with E-state index in [2.05, 4.69) is 55.8 Å². The van der Waals surface area contributed by atoms with Crippen LogP contribution in [-0.4, -0.2) is 116 Å². The fourth-order valence-corrected chi connectivity index (χ4v) is 6.20. The topological polar surface area (TPSA) is 212 Å². The summed E-state index contributed by atoms with van der Waals surface area (Å²) >= 11 is 3.02. The molecule has 6 heterocycles. The number of carbonyl (C=O) groups is 3. The lowest BCUT2D eigenvalue weighted by Gasteiger charge is -2.25. The zero-order valence-electron chi connectivity index (χ0n) is 25.1. The molecule has 5 N–H and O–H groups in total. The molecule has 242 valence electrons. The highest BCUT2D eigenvalue weighted by Crippen LogP contribution is 2.29. The molecule has 19 heteroatoms. The summed E-state index contributed by atoms with van der Waals surface area (Å²) in [6, 6.07) is 0. The lowest BCUT2D eigenvalue weighted by atomic mass is 10.4. The van der Waals surface area contributed by atoms with E-state index in [-0.39, 0.29) is 17.7 Å². The van der Waals surface area contributed by atoms with Crippen LogP contribution in [0.4, 0.5) is 11.6 Å². The van der Waals surface area contributed by atoms with Crippen molar-refractivity contribution in [1.82, 2.24) is 55.8 Å². The largest absolute Gasteiger partial charge is 0.383 e. The molecule has 0 unspecified atom stereocenters. The van der Waals surface area contributed by atoms with Gasteiger partial charge in [0.15, 0.2) is 22.9 Å². The van der Waals surface area contributed by atoms with Crippen molar-refractivity contribution >= 4 is 75.2 Å². The van der Waals surface area contributed by atoms with Crippen molar-refractivity contribution in [3.8, 4) is 0 Å². The van der Waals surface area contributed by atoms with Gasteiger partial charge < -0.3 is 40.5 Å². The van der Waals surface area contributed by atoms with Gasteiger partial charge in [-0.1, -0.05) is 0 Å². The van der Waals surface area contributed by atoms with E-state index >= 15 is 0 Å². The number of hydrogen-bond acceptors (Lipinski definition) is 14. The second-order valence-electron chi connectivity index (χ2n) is 9.65. The maximum Gasteiger partial charge on any atom is 0.259 e. The van der Waals surface area contributed by atoms with Crippen LogP contribution in [0.5, 0.6) is 0 Å². The third-order valence-corrected chi connectivity index (χ3v) is 8.48. The van der Waals surface area contributed by atoms with Crippen LogP contribution in [0.1, 0.15) is 6.92 Å². The molecule has 2 aliphatic rings. The number of thioether (sulfide) groups is 2.